The van der Waals surface area contributed by atoms with Gasteiger partial charge in [0.25, 0.3) is 0 Å². The highest BCUT2D eigenvalue weighted by Crippen LogP contribution is 2.26. The molecule has 0 aliphatic carbocycles. The van der Waals surface area contributed by atoms with Crippen LogP contribution in [0.2, 0.25) is 5.02 Å². The largest absolute Gasteiger partial charge is 0.310 e. The quantitative estimate of drug-likeness (QED) is 0.931. The zero-order valence-corrected chi connectivity index (χ0v) is 12.0. The number of aromatic nitrogens is 2. The summed E-state index contributed by atoms with van der Waals surface area (Å²) in [5.74, 6) is -0.414. The minimum atomic E-state index is -0.414. The summed E-state index contributed by atoms with van der Waals surface area (Å²) in [7, 11) is 1.87. The van der Waals surface area contributed by atoms with Gasteiger partial charge in [0.05, 0.1) is 10.7 Å². The van der Waals surface area contributed by atoms with Gasteiger partial charge in [0, 0.05) is 37.0 Å². The number of halogens is 2. The predicted octanol–water partition coefficient (Wildman–Crippen LogP) is 3.38. The van der Waals surface area contributed by atoms with Crippen molar-refractivity contribution in [2.24, 2.45) is 7.05 Å². The summed E-state index contributed by atoms with van der Waals surface area (Å²) >= 11 is 5.83. The number of rotatable bonds is 4. The number of nitrogens with one attached hydrogen (secondary N) is 1. The zero-order chi connectivity index (χ0) is 14.0. The minimum absolute atomic E-state index is 0.117. The number of benzene rings is 1. The number of nitrogens with zero attached hydrogens (tertiary/aromatic N) is 2. The Bertz CT molecular complexity index is 578. The molecule has 0 saturated heterocycles. The molecule has 0 amide bonds. The van der Waals surface area contributed by atoms with Crippen molar-refractivity contribution in [1.82, 2.24) is 15.1 Å². The molecule has 0 saturated carbocycles. The Morgan fingerprint density at radius 3 is 2.79 bits per heavy atom. The fourth-order valence-electron chi connectivity index (χ4n) is 1.87. The molecule has 0 bridgehead atoms. The van der Waals surface area contributed by atoms with Crippen LogP contribution in [-0.4, -0.2) is 15.8 Å². The third-order valence-corrected chi connectivity index (χ3v) is 3.09. The van der Waals surface area contributed by atoms with Crippen LogP contribution in [0.1, 0.15) is 19.4 Å². The van der Waals surface area contributed by atoms with Crippen molar-refractivity contribution in [1.29, 1.82) is 0 Å². The average Bonchev–Trinajstić information content (AvgIpc) is 2.71. The topological polar surface area (TPSA) is 29.9 Å². The van der Waals surface area contributed by atoms with E-state index in [2.05, 4.69) is 24.3 Å². The van der Waals surface area contributed by atoms with E-state index in [1.807, 2.05) is 13.2 Å². The lowest BCUT2D eigenvalue weighted by atomic mass is 10.1. The van der Waals surface area contributed by atoms with Crippen molar-refractivity contribution in [3.8, 4) is 11.3 Å². The Balaban J connectivity index is 2.35. The molecule has 0 aliphatic heterocycles. The SMILES string of the molecule is CC(C)NCc1cn(C)nc1-c1ccc(F)c(Cl)c1. The standard InChI is InChI=1S/C14H17ClFN3/c1-9(2)17-7-11-8-19(3)18-14(11)10-4-5-13(16)12(15)6-10/h4-6,8-9,17H,7H2,1-3H3. The fraction of sp³-hybridized carbons (Fsp3) is 0.357. The maximum absolute atomic E-state index is 13.2. The van der Waals surface area contributed by atoms with E-state index in [1.54, 1.807) is 16.8 Å². The van der Waals surface area contributed by atoms with E-state index in [4.69, 9.17) is 11.6 Å². The van der Waals surface area contributed by atoms with Gasteiger partial charge in [-0.05, 0) is 18.2 Å². The van der Waals surface area contributed by atoms with Gasteiger partial charge in [-0.15, -0.1) is 0 Å². The monoisotopic (exact) mass is 281 g/mol. The first-order chi connectivity index (χ1) is 8.97. The van der Waals surface area contributed by atoms with Crippen molar-refractivity contribution in [2.45, 2.75) is 26.4 Å². The second kappa shape index (κ2) is 5.72. The van der Waals surface area contributed by atoms with Crippen LogP contribution >= 0.6 is 11.6 Å². The van der Waals surface area contributed by atoms with Gasteiger partial charge < -0.3 is 5.32 Å². The van der Waals surface area contributed by atoms with Crippen molar-refractivity contribution in [3.05, 3.63) is 40.8 Å². The first kappa shape index (κ1) is 14.0. The van der Waals surface area contributed by atoms with Gasteiger partial charge >= 0.3 is 0 Å². The summed E-state index contributed by atoms with van der Waals surface area (Å²) < 4.78 is 15.0. The maximum Gasteiger partial charge on any atom is 0.141 e. The maximum atomic E-state index is 13.2. The van der Waals surface area contributed by atoms with Crippen molar-refractivity contribution in [2.75, 3.05) is 0 Å². The van der Waals surface area contributed by atoms with Gasteiger partial charge in [-0.3, -0.25) is 4.68 Å². The van der Waals surface area contributed by atoms with Gasteiger partial charge in [-0.1, -0.05) is 25.4 Å². The van der Waals surface area contributed by atoms with Gasteiger partial charge in [-0.2, -0.15) is 5.10 Å². The van der Waals surface area contributed by atoms with Crippen LogP contribution in [0.25, 0.3) is 11.3 Å². The second-order valence-corrected chi connectivity index (χ2v) is 5.25. The van der Waals surface area contributed by atoms with Crippen LogP contribution < -0.4 is 5.32 Å². The molecule has 1 heterocycles. The van der Waals surface area contributed by atoms with Gasteiger partial charge in [0.2, 0.25) is 0 Å². The average molecular weight is 282 g/mol. The summed E-state index contributed by atoms with van der Waals surface area (Å²) in [5, 5.41) is 7.89. The Morgan fingerprint density at radius 2 is 2.16 bits per heavy atom. The summed E-state index contributed by atoms with van der Waals surface area (Å²) in [6.45, 7) is 4.89. The van der Waals surface area contributed by atoms with Crippen LogP contribution in [-0.2, 0) is 13.6 Å². The van der Waals surface area contributed by atoms with Crippen LogP contribution in [0, 0.1) is 5.82 Å². The molecule has 1 aromatic heterocycles. The van der Waals surface area contributed by atoms with Crippen LogP contribution in [0.5, 0.6) is 0 Å². The van der Waals surface area contributed by atoms with E-state index in [9.17, 15) is 4.39 Å². The number of aryl methyl sites for hydroxylation is 1. The number of hydrogen-bond donors (Lipinski definition) is 1. The lowest BCUT2D eigenvalue weighted by Gasteiger charge is -2.08. The first-order valence-electron chi connectivity index (χ1n) is 6.18. The molecule has 0 spiro atoms. The highest BCUT2D eigenvalue weighted by Gasteiger charge is 2.12. The molecule has 2 aromatic rings. The molecular weight excluding hydrogens is 265 g/mol. The summed E-state index contributed by atoms with van der Waals surface area (Å²) in [5.41, 5.74) is 2.73. The predicted molar refractivity (Wildman–Crippen MR) is 75.6 cm³/mol. The molecule has 5 heteroatoms. The second-order valence-electron chi connectivity index (χ2n) is 4.84. The summed E-state index contributed by atoms with van der Waals surface area (Å²) in [6.07, 6.45) is 1.96. The van der Waals surface area contributed by atoms with Crippen molar-refractivity contribution in [3.63, 3.8) is 0 Å². The first-order valence-corrected chi connectivity index (χ1v) is 6.56. The molecule has 1 N–H and O–H groups in total. The van der Waals surface area contributed by atoms with E-state index < -0.39 is 5.82 Å². The smallest absolute Gasteiger partial charge is 0.141 e. The third-order valence-electron chi connectivity index (χ3n) is 2.80. The van der Waals surface area contributed by atoms with E-state index in [0.717, 1.165) is 23.4 Å². The van der Waals surface area contributed by atoms with Gasteiger partial charge in [0.1, 0.15) is 5.82 Å². The van der Waals surface area contributed by atoms with E-state index in [1.165, 1.54) is 6.07 Å². The minimum Gasteiger partial charge on any atom is -0.310 e. The Hall–Kier alpha value is -1.39. The summed E-state index contributed by atoms with van der Waals surface area (Å²) in [4.78, 5) is 0. The fourth-order valence-corrected chi connectivity index (χ4v) is 2.05. The molecule has 1 aromatic carbocycles. The highest BCUT2D eigenvalue weighted by molar-refractivity contribution is 6.31. The van der Waals surface area contributed by atoms with Crippen LogP contribution in [0.15, 0.2) is 24.4 Å². The van der Waals surface area contributed by atoms with E-state index >= 15 is 0 Å². The molecule has 0 unspecified atom stereocenters. The molecule has 102 valence electrons. The lowest BCUT2D eigenvalue weighted by Crippen LogP contribution is -2.21. The summed E-state index contributed by atoms with van der Waals surface area (Å²) in [6, 6.07) is 5.07. The van der Waals surface area contributed by atoms with Crippen molar-refractivity contribution < 1.29 is 4.39 Å². The molecule has 0 aliphatic rings. The molecule has 0 fully saturated rings. The molecule has 19 heavy (non-hydrogen) atoms. The Morgan fingerprint density at radius 1 is 1.42 bits per heavy atom. The van der Waals surface area contributed by atoms with Crippen LogP contribution in [0.4, 0.5) is 4.39 Å². The Labute approximate surface area is 117 Å². The van der Waals surface area contributed by atoms with E-state index in [-0.39, 0.29) is 5.02 Å². The molecule has 0 radical (unpaired) electrons. The van der Waals surface area contributed by atoms with Gasteiger partial charge in [0.15, 0.2) is 0 Å². The van der Waals surface area contributed by atoms with Crippen molar-refractivity contribution >= 4 is 11.6 Å². The van der Waals surface area contributed by atoms with E-state index in [0.29, 0.717) is 6.04 Å². The van der Waals surface area contributed by atoms with Gasteiger partial charge in [-0.25, -0.2) is 4.39 Å². The normalized spacial score (nSPS) is 11.3. The third kappa shape index (κ3) is 3.33. The highest BCUT2D eigenvalue weighted by atomic mass is 35.5. The molecular formula is C14H17ClFN3. The lowest BCUT2D eigenvalue weighted by molar-refractivity contribution is 0.589. The molecule has 2 rings (SSSR count). The zero-order valence-electron chi connectivity index (χ0n) is 11.2. The Kier molecular flexibility index (Phi) is 4.22. The van der Waals surface area contributed by atoms with Crippen LogP contribution in [0.3, 0.4) is 0 Å². The number of hydrogen-bond acceptors (Lipinski definition) is 2. The molecule has 0 atom stereocenters. The molecule has 3 nitrogen and oxygen atoms in total.